The molecule has 24 heavy (non-hydrogen) atoms. The fourth-order valence-corrected chi connectivity index (χ4v) is 5.04. The Kier molecular flexibility index (Phi) is 4.65. The van der Waals surface area contributed by atoms with Crippen molar-refractivity contribution in [1.82, 2.24) is 19.7 Å². The van der Waals surface area contributed by atoms with Gasteiger partial charge in [-0.2, -0.15) is 4.31 Å². The molecule has 1 unspecified atom stereocenters. The molecule has 1 atom stereocenters. The van der Waals surface area contributed by atoms with Crippen molar-refractivity contribution >= 4 is 32.4 Å². The number of hydrogen-bond donors (Lipinski definition) is 1. The number of nitrogens with one attached hydrogen (secondary N) is 1. The Bertz CT molecular complexity index is 811. The first-order chi connectivity index (χ1) is 11.4. The van der Waals surface area contributed by atoms with Gasteiger partial charge < -0.3 is 9.84 Å². The second kappa shape index (κ2) is 6.57. The average Bonchev–Trinajstić information content (AvgIpc) is 3.17. The standard InChI is InChI=1S/C13H17N5O4S2/c1-8-11(9(2)22-17-8)24(20,21)18-5-3-4-10(6-18)12(19)15-13-16-14-7-23-13/h7,10H,3-6H2,1-2H3,(H,15,16,19). The molecule has 1 amide bonds. The molecule has 0 saturated carbocycles. The van der Waals surface area contributed by atoms with E-state index in [1.165, 1.54) is 21.2 Å². The van der Waals surface area contributed by atoms with E-state index in [1.54, 1.807) is 13.8 Å². The lowest BCUT2D eigenvalue weighted by atomic mass is 9.99. The maximum absolute atomic E-state index is 12.8. The molecule has 11 heteroatoms. The molecule has 1 aliphatic rings. The number of nitrogens with zero attached hydrogens (tertiary/aromatic N) is 4. The summed E-state index contributed by atoms with van der Waals surface area (Å²) in [5.74, 6) is -0.420. The number of amides is 1. The van der Waals surface area contributed by atoms with E-state index < -0.39 is 15.9 Å². The molecule has 0 spiro atoms. The first-order valence-electron chi connectivity index (χ1n) is 7.39. The van der Waals surface area contributed by atoms with Crippen LogP contribution in [0.15, 0.2) is 14.9 Å². The predicted molar refractivity (Wildman–Crippen MR) is 86.0 cm³/mol. The van der Waals surface area contributed by atoms with E-state index in [9.17, 15) is 13.2 Å². The lowest BCUT2D eigenvalue weighted by Crippen LogP contribution is -2.43. The molecule has 0 bridgehead atoms. The minimum atomic E-state index is -3.74. The molecule has 3 rings (SSSR count). The van der Waals surface area contributed by atoms with E-state index in [4.69, 9.17) is 4.52 Å². The molecule has 3 heterocycles. The summed E-state index contributed by atoms with van der Waals surface area (Å²) < 4.78 is 32.0. The van der Waals surface area contributed by atoms with Gasteiger partial charge in [0.1, 0.15) is 16.1 Å². The van der Waals surface area contributed by atoms with Gasteiger partial charge in [0.2, 0.25) is 21.1 Å². The highest BCUT2D eigenvalue weighted by molar-refractivity contribution is 7.89. The van der Waals surface area contributed by atoms with Gasteiger partial charge in [-0.15, -0.1) is 10.2 Å². The van der Waals surface area contributed by atoms with Crippen molar-refractivity contribution in [3.8, 4) is 0 Å². The van der Waals surface area contributed by atoms with Gasteiger partial charge in [-0.25, -0.2) is 8.42 Å². The normalized spacial score (nSPS) is 19.3. The Morgan fingerprint density at radius 3 is 2.88 bits per heavy atom. The third-order valence-electron chi connectivity index (χ3n) is 3.91. The van der Waals surface area contributed by atoms with Gasteiger partial charge in [0.15, 0.2) is 5.76 Å². The van der Waals surface area contributed by atoms with Crippen LogP contribution in [0.5, 0.6) is 0 Å². The number of anilines is 1. The van der Waals surface area contributed by atoms with Gasteiger partial charge in [0, 0.05) is 13.1 Å². The molecule has 9 nitrogen and oxygen atoms in total. The Hall–Kier alpha value is -1.85. The zero-order chi connectivity index (χ0) is 17.3. The first-order valence-corrected chi connectivity index (χ1v) is 9.71. The summed E-state index contributed by atoms with van der Waals surface area (Å²) in [5, 5.41) is 14.2. The molecule has 0 radical (unpaired) electrons. The average molecular weight is 371 g/mol. The van der Waals surface area contributed by atoms with Crippen LogP contribution in [0.4, 0.5) is 5.13 Å². The van der Waals surface area contributed by atoms with Crippen molar-refractivity contribution in [2.45, 2.75) is 31.6 Å². The van der Waals surface area contributed by atoms with Crippen LogP contribution in [-0.4, -0.2) is 47.1 Å². The van der Waals surface area contributed by atoms with Gasteiger partial charge in [-0.1, -0.05) is 16.5 Å². The van der Waals surface area contributed by atoms with Crippen molar-refractivity contribution in [2.24, 2.45) is 5.92 Å². The molecule has 0 aromatic carbocycles. The number of sulfonamides is 1. The number of piperidine rings is 1. The van der Waals surface area contributed by atoms with Crippen LogP contribution in [0.1, 0.15) is 24.3 Å². The molecule has 1 aliphatic heterocycles. The smallest absolute Gasteiger partial charge is 0.248 e. The van der Waals surface area contributed by atoms with Crippen LogP contribution in [0.3, 0.4) is 0 Å². The number of rotatable bonds is 4. The summed E-state index contributed by atoms with van der Waals surface area (Å²) in [6.45, 7) is 3.65. The second-order valence-corrected chi connectivity index (χ2v) is 8.30. The molecular weight excluding hydrogens is 354 g/mol. The van der Waals surface area contributed by atoms with E-state index in [2.05, 4.69) is 20.7 Å². The summed E-state index contributed by atoms with van der Waals surface area (Å²) in [5.41, 5.74) is 1.85. The molecule has 2 aromatic heterocycles. The molecule has 130 valence electrons. The van der Waals surface area contributed by atoms with E-state index in [-0.39, 0.29) is 23.1 Å². The number of aryl methyl sites for hydroxylation is 2. The molecular formula is C13H17N5O4S2. The van der Waals surface area contributed by atoms with Crippen molar-refractivity contribution in [1.29, 1.82) is 0 Å². The molecule has 2 aromatic rings. The monoisotopic (exact) mass is 371 g/mol. The summed E-state index contributed by atoms with van der Waals surface area (Å²) in [6, 6.07) is 0. The van der Waals surface area contributed by atoms with E-state index in [1.807, 2.05) is 0 Å². The van der Waals surface area contributed by atoms with Gasteiger partial charge in [0.05, 0.1) is 5.92 Å². The van der Waals surface area contributed by atoms with Crippen LogP contribution in [0.2, 0.25) is 0 Å². The number of aromatic nitrogens is 3. The van der Waals surface area contributed by atoms with Gasteiger partial charge >= 0.3 is 0 Å². The predicted octanol–water partition coefficient (Wildman–Crippen LogP) is 1.18. The topological polar surface area (TPSA) is 118 Å². The quantitative estimate of drug-likeness (QED) is 0.857. The fraction of sp³-hybridized carbons (Fsp3) is 0.538. The Morgan fingerprint density at radius 1 is 1.46 bits per heavy atom. The van der Waals surface area contributed by atoms with Crippen molar-refractivity contribution in [3.05, 3.63) is 17.0 Å². The lowest BCUT2D eigenvalue weighted by Gasteiger charge is -2.30. The number of carbonyl (C=O) groups excluding carboxylic acids is 1. The SMILES string of the molecule is Cc1noc(C)c1S(=O)(=O)N1CCCC(C(=O)Nc2nncs2)C1. The molecule has 1 fully saturated rings. The van der Waals surface area contributed by atoms with Crippen molar-refractivity contribution in [3.63, 3.8) is 0 Å². The van der Waals surface area contributed by atoms with Gasteiger partial charge in [-0.3, -0.25) is 4.79 Å². The molecule has 1 N–H and O–H groups in total. The number of hydrogen-bond acceptors (Lipinski definition) is 8. The van der Waals surface area contributed by atoms with E-state index in [0.717, 1.165) is 0 Å². The van der Waals surface area contributed by atoms with Crippen LogP contribution in [-0.2, 0) is 14.8 Å². The Morgan fingerprint density at radius 2 is 2.25 bits per heavy atom. The van der Waals surface area contributed by atoms with Gasteiger partial charge in [-0.05, 0) is 26.7 Å². The highest BCUT2D eigenvalue weighted by Crippen LogP contribution is 2.28. The molecule has 1 saturated heterocycles. The van der Waals surface area contributed by atoms with Crippen molar-refractivity contribution in [2.75, 3.05) is 18.4 Å². The summed E-state index contributed by atoms with van der Waals surface area (Å²) >= 11 is 1.22. The Labute approximate surface area is 143 Å². The highest BCUT2D eigenvalue weighted by atomic mass is 32.2. The Balaban J connectivity index is 1.77. The lowest BCUT2D eigenvalue weighted by molar-refractivity contribution is -0.120. The summed E-state index contributed by atoms with van der Waals surface area (Å²) in [6.07, 6.45) is 1.23. The zero-order valence-electron chi connectivity index (χ0n) is 13.2. The van der Waals surface area contributed by atoms with Crippen LogP contribution in [0, 0.1) is 19.8 Å². The van der Waals surface area contributed by atoms with E-state index >= 15 is 0 Å². The van der Waals surface area contributed by atoms with Crippen LogP contribution < -0.4 is 5.32 Å². The first kappa shape index (κ1) is 17.0. The van der Waals surface area contributed by atoms with Gasteiger partial charge in [0.25, 0.3) is 0 Å². The third kappa shape index (κ3) is 3.19. The van der Waals surface area contributed by atoms with Crippen LogP contribution in [0.25, 0.3) is 0 Å². The van der Waals surface area contributed by atoms with Crippen LogP contribution >= 0.6 is 11.3 Å². The number of carbonyl (C=O) groups is 1. The minimum Gasteiger partial charge on any atom is -0.360 e. The largest absolute Gasteiger partial charge is 0.360 e. The molecule has 0 aliphatic carbocycles. The maximum Gasteiger partial charge on any atom is 0.248 e. The van der Waals surface area contributed by atoms with Crippen molar-refractivity contribution < 1.29 is 17.7 Å². The fourth-order valence-electron chi connectivity index (χ4n) is 2.78. The second-order valence-electron chi connectivity index (χ2n) is 5.59. The minimum absolute atomic E-state index is 0.0904. The summed E-state index contributed by atoms with van der Waals surface area (Å²) in [7, 11) is -3.74. The highest BCUT2D eigenvalue weighted by Gasteiger charge is 2.36. The van der Waals surface area contributed by atoms with E-state index in [0.29, 0.717) is 30.2 Å². The zero-order valence-corrected chi connectivity index (χ0v) is 14.9. The third-order valence-corrected chi connectivity index (χ3v) is 6.63. The maximum atomic E-state index is 12.8. The summed E-state index contributed by atoms with van der Waals surface area (Å²) in [4.78, 5) is 12.4.